The summed E-state index contributed by atoms with van der Waals surface area (Å²) in [7, 11) is 0. The van der Waals surface area contributed by atoms with Crippen LogP contribution in [-0.2, 0) is 6.42 Å². The molecule has 0 aliphatic rings. The van der Waals surface area contributed by atoms with Crippen molar-refractivity contribution in [2.75, 3.05) is 11.9 Å². The van der Waals surface area contributed by atoms with Crippen LogP contribution in [0.2, 0.25) is 5.02 Å². The summed E-state index contributed by atoms with van der Waals surface area (Å²) in [5.74, 6) is 0. The third-order valence-electron chi connectivity index (χ3n) is 4.48. The second kappa shape index (κ2) is 7.64. The number of nitrogens with zero attached hydrogens (tertiary/aromatic N) is 3. The van der Waals surface area contributed by atoms with E-state index in [1.807, 2.05) is 42.6 Å². The van der Waals surface area contributed by atoms with Gasteiger partial charge in [0.2, 0.25) is 5.13 Å². The van der Waals surface area contributed by atoms with Gasteiger partial charge < -0.3 is 11.1 Å². The molecule has 4 N–H and O–H groups in total. The Balaban J connectivity index is 1.41. The largest absolute Gasteiger partial charge is 0.359 e. The van der Waals surface area contributed by atoms with E-state index in [0.29, 0.717) is 6.54 Å². The molecule has 0 aliphatic heterocycles. The molecule has 0 amide bonds. The number of fused-ring (bicyclic) bond motifs is 1. The van der Waals surface area contributed by atoms with E-state index < -0.39 is 0 Å². The molecule has 0 radical (unpaired) electrons. The molecule has 0 unspecified atom stereocenters. The number of aryl methyl sites for hydroxylation is 1. The van der Waals surface area contributed by atoms with E-state index >= 15 is 0 Å². The third kappa shape index (κ3) is 3.95. The van der Waals surface area contributed by atoms with Crippen molar-refractivity contribution in [1.29, 1.82) is 0 Å². The number of halogens is 1. The molecule has 0 spiro atoms. The molecule has 2 aromatic carbocycles. The normalized spacial score (nSPS) is 12.4. The van der Waals surface area contributed by atoms with Crippen LogP contribution < -0.4 is 11.1 Å². The van der Waals surface area contributed by atoms with Crippen molar-refractivity contribution in [2.45, 2.75) is 19.4 Å². The van der Waals surface area contributed by atoms with Crippen LogP contribution in [0.1, 0.15) is 11.1 Å². The van der Waals surface area contributed by atoms with Gasteiger partial charge in [-0.25, -0.2) is 0 Å². The van der Waals surface area contributed by atoms with Crippen molar-refractivity contribution in [3.63, 3.8) is 0 Å². The maximum atomic E-state index is 6.23. The van der Waals surface area contributed by atoms with E-state index in [2.05, 4.69) is 32.6 Å². The van der Waals surface area contributed by atoms with Crippen LogP contribution in [0.5, 0.6) is 0 Å². The van der Waals surface area contributed by atoms with E-state index in [4.69, 9.17) is 17.3 Å². The summed E-state index contributed by atoms with van der Waals surface area (Å²) >= 11 is 7.44. The summed E-state index contributed by atoms with van der Waals surface area (Å²) in [5.41, 5.74) is 10.6. The van der Waals surface area contributed by atoms with Gasteiger partial charge in [-0.1, -0.05) is 35.1 Å². The Labute approximate surface area is 165 Å². The van der Waals surface area contributed by atoms with Crippen molar-refractivity contribution < 1.29 is 0 Å². The molecule has 0 fully saturated rings. The molecule has 2 aromatic heterocycles. The topological polar surface area (TPSA) is 92.5 Å². The lowest BCUT2D eigenvalue weighted by Crippen LogP contribution is -2.31. The summed E-state index contributed by atoms with van der Waals surface area (Å²) in [6.45, 7) is 2.70. The van der Waals surface area contributed by atoms with Gasteiger partial charge in [0, 0.05) is 28.6 Å². The summed E-state index contributed by atoms with van der Waals surface area (Å²) < 4.78 is 0. The van der Waals surface area contributed by atoms with Crippen LogP contribution in [0, 0.1) is 6.92 Å². The first kappa shape index (κ1) is 17.9. The minimum atomic E-state index is -0.0254. The smallest absolute Gasteiger partial charge is 0.206 e. The monoisotopic (exact) mass is 398 g/mol. The van der Waals surface area contributed by atoms with Gasteiger partial charge in [-0.05, 0) is 48.7 Å². The molecule has 27 heavy (non-hydrogen) atoms. The summed E-state index contributed by atoms with van der Waals surface area (Å²) in [5, 5.41) is 22.4. The Bertz CT molecular complexity index is 1060. The lowest BCUT2D eigenvalue weighted by Gasteiger charge is -2.12. The van der Waals surface area contributed by atoms with E-state index in [0.717, 1.165) is 49.2 Å². The Kier molecular flexibility index (Phi) is 5.07. The number of H-pyrrole nitrogens is 1. The average Bonchev–Trinajstić information content (AvgIpc) is 3.32. The molecule has 4 rings (SSSR count). The maximum Gasteiger partial charge on any atom is 0.206 e. The number of hydrogen-bond donors (Lipinski definition) is 3. The molecule has 0 bridgehead atoms. The summed E-state index contributed by atoms with van der Waals surface area (Å²) in [6.07, 6.45) is 2.61. The molecule has 0 saturated heterocycles. The van der Waals surface area contributed by atoms with Crippen LogP contribution >= 0.6 is 22.9 Å². The molecule has 1 atom stereocenters. The Hall–Kier alpha value is -2.48. The fraction of sp³-hybridized carbons (Fsp3) is 0.211. The van der Waals surface area contributed by atoms with Crippen molar-refractivity contribution in [1.82, 2.24) is 20.4 Å². The molecule has 4 aromatic rings. The van der Waals surface area contributed by atoms with E-state index in [1.54, 1.807) is 0 Å². The molecule has 6 nitrogen and oxygen atoms in total. The second-order valence-corrected chi connectivity index (χ2v) is 7.87. The zero-order valence-electron chi connectivity index (χ0n) is 14.7. The number of aromatic nitrogens is 4. The molecule has 138 valence electrons. The SMILES string of the molecule is Cc1c(-c2nnc(NC[C@H](N)Cc3ccc(Cl)cc3)s2)ccc2[nH]ncc12. The van der Waals surface area contributed by atoms with Crippen LogP contribution in [0.15, 0.2) is 42.6 Å². The maximum absolute atomic E-state index is 6.23. The Morgan fingerprint density at radius 3 is 2.81 bits per heavy atom. The number of benzene rings is 2. The van der Waals surface area contributed by atoms with Crippen molar-refractivity contribution in [3.05, 3.63) is 58.7 Å². The Morgan fingerprint density at radius 1 is 1.19 bits per heavy atom. The lowest BCUT2D eigenvalue weighted by atomic mass is 10.1. The summed E-state index contributed by atoms with van der Waals surface area (Å²) in [4.78, 5) is 0. The number of aromatic amines is 1. The van der Waals surface area contributed by atoms with Gasteiger partial charge in [0.15, 0.2) is 0 Å². The molecular weight excluding hydrogens is 380 g/mol. The average molecular weight is 399 g/mol. The fourth-order valence-corrected chi connectivity index (χ4v) is 3.97. The summed E-state index contributed by atoms with van der Waals surface area (Å²) in [6, 6.07) is 11.8. The van der Waals surface area contributed by atoms with Gasteiger partial charge in [-0.3, -0.25) is 5.10 Å². The minimum Gasteiger partial charge on any atom is -0.359 e. The van der Waals surface area contributed by atoms with Crippen LogP contribution in [0.3, 0.4) is 0 Å². The predicted octanol–water partition coefficient (Wildman–Crippen LogP) is 4.03. The van der Waals surface area contributed by atoms with Gasteiger partial charge in [0.1, 0.15) is 5.01 Å². The van der Waals surface area contributed by atoms with Gasteiger partial charge in [-0.2, -0.15) is 5.10 Å². The standard InChI is InChI=1S/C19H19ClN6S/c1-11-15(6-7-17-16(11)10-23-24-17)18-25-26-19(27-18)22-9-14(21)8-12-2-4-13(20)5-3-12/h2-7,10,14H,8-9,21H2,1H3,(H,22,26)(H,23,24)/t14-/m1/s1. The first-order valence-corrected chi connectivity index (χ1v) is 9.80. The first-order valence-electron chi connectivity index (χ1n) is 8.60. The minimum absolute atomic E-state index is 0.0254. The molecule has 8 heteroatoms. The highest BCUT2D eigenvalue weighted by atomic mass is 35.5. The molecule has 0 saturated carbocycles. The van der Waals surface area contributed by atoms with Gasteiger partial charge in [0.25, 0.3) is 0 Å². The van der Waals surface area contributed by atoms with Crippen molar-refractivity contribution in [2.24, 2.45) is 5.73 Å². The number of hydrogen-bond acceptors (Lipinski definition) is 6. The second-order valence-electron chi connectivity index (χ2n) is 6.45. The van der Waals surface area contributed by atoms with E-state index in [-0.39, 0.29) is 6.04 Å². The van der Waals surface area contributed by atoms with Crippen LogP contribution in [0.25, 0.3) is 21.5 Å². The molecular formula is C19H19ClN6S. The zero-order valence-corrected chi connectivity index (χ0v) is 16.3. The predicted molar refractivity (Wildman–Crippen MR) is 111 cm³/mol. The number of nitrogens with two attached hydrogens (primary N) is 1. The first-order chi connectivity index (χ1) is 13.1. The third-order valence-corrected chi connectivity index (χ3v) is 5.64. The number of rotatable bonds is 6. The zero-order chi connectivity index (χ0) is 18.8. The van der Waals surface area contributed by atoms with Crippen molar-refractivity contribution >= 4 is 39.0 Å². The van der Waals surface area contributed by atoms with Gasteiger partial charge >= 0.3 is 0 Å². The fourth-order valence-electron chi connectivity index (χ4n) is 3.01. The quantitative estimate of drug-likeness (QED) is 0.456. The number of anilines is 1. The Morgan fingerprint density at radius 2 is 2.00 bits per heavy atom. The highest BCUT2D eigenvalue weighted by molar-refractivity contribution is 7.18. The van der Waals surface area contributed by atoms with E-state index in [9.17, 15) is 0 Å². The van der Waals surface area contributed by atoms with Crippen LogP contribution in [-0.4, -0.2) is 33.0 Å². The number of nitrogens with one attached hydrogen (secondary N) is 2. The molecule has 2 heterocycles. The van der Waals surface area contributed by atoms with Crippen molar-refractivity contribution in [3.8, 4) is 10.6 Å². The van der Waals surface area contributed by atoms with Crippen LogP contribution in [0.4, 0.5) is 5.13 Å². The highest BCUT2D eigenvalue weighted by Gasteiger charge is 2.13. The van der Waals surface area contributed by atoms with Gasteiger partial charge in [0.05, 0.1) is 11.7 Å². The molecule has 0 aliphatic carbocycles. The highest BCUT2D eigenvalue weighted by Crippen LogP contribution is 2.32. The van der Waals surface area contributed by atoms with Gasteiger partial charge in [-0.15, -0.1) is 10.2 Å². The van der Waals surface area contributed by atoms with E-state index in [1.165, 1.54) is 11.3 Å². The lowest BCUT2D eigenvalue weighted by molar-refractivity contribution is 0.698.